The summed E-state index contributed by atoms with van der Waals surface area (Å²) in [5.74, 6) is -6.18. The molecule has 0 aromatic carbocycles. The van der Waals surface area contributed by atoms with Crippen LogP contribution in [0.25, 0.3) is 0 Å². The monoisotopic (exact) mass is 1570 g/mol. The van der Waals surface area contributed by atoms with Gasteiger partial charge in [0.15, 0.2) is 17.4 Å². The number of carboxylic acids is 1. The van der Waals surface area contributed by atoms with E-state index < -0.39 is 59.3 Å². The van der Waals surface area contributed by atoms with Gasteiger partial charge in [-0.2, -0.15) is 0 Å². The molecule has 0 aromatic rings. The minimum Gasteiger partial charge on any atom is -0.481 e. The van der Waals surface area contributed by atoms with Gasteiger partial charge in [-0.25, -0.2) is 0 Å². The number of carbonyl (C=O) groups excluding carboxylic acids is 10. The highest BCUT2D eigenvalue weighted by Crippen LogP contribution is 2.30. The number of carboxylic acid groups (broad SMARTS) is 1. The van der Waals surface area contributed by atoms with E-state index in [0.29, 0.717) is 52.3 Å². The first-order valence-electron chi connectivity index (χ1n) is 34.4. The van der Waals surface area contributed by atoms with Crippen molar-refractivity contribution < 1.29 is 195 Å². The molecule has 0 aliphatic carbocycles. The summed E-state index contributed by atoms with van der Waals surface area (Å²) in [4.78, 5) is 120. The highest BCUT2D eigenvalue weighted by molar-refractivity contribution is 5.82. The summed E-state index contributed by atoms with van der Waals surface area (Å²) in [6.07, 6.45) is 0.379. The number of Topliss-reactive ketones (excluding diaryl/α,β-unsaturated/α-hetero) is 4. The van der Waals surface area contributed by atoms with Crippen molar-refractivity contribution >= 4 is 64.9 Å². The van der Waals surface area contributed by atoms with Gasteiger partial charge < -0.3 is 161 Å². The average molecular weight is 1570 g/mol. The van der Waals surface area contributed by atoms with Gasteiger partial charge in [0.1, 0.15) is 87.2 Å². The molecule has 3 rings (SSSR count). The smallest absolute Gasteiger partial charge is 0.306 e. The van der Waals surface area contributed by atoms with Gasteiger partial charge in [0.05, 0.1) is 190 Å². The molecule has 40 heteroatoms. The molecule has 13 N–H and O–H groups in total. The zero-order chi connectivity index (χ0) is 80.9. The lowest BCUT2D eigenvalue weighted by atomic mass is 10.2. The number of ether oxygens (including phenoxy) is 17. The zero-order valence-electron chi connectivity index (χ0n) is 62.9. The van der Waals surface area contributed by atoms with Gasteiger partial charge in [0, 0.05) is 44.9 Å². The fourth-order valence-corrected chi connectivity index (χ4v) is 7.38. The molecule has 0 spiro atoms. The van der Waals surface area contributed by atoms with Crippen LogP contribution in [-0.2, 0) is 133 Å². The van der Waals surface area contributed by atoms with Crippen LogP contribution in [0.15, 0.2) is 0 Å². The molecule has 6 atom stereocenters. The van der Waals surface area contributed by atoms with Crippen LogP contribution in [0.1, 0.15) is 138 Å². The first kappa shape index (κ1) is 110. The Bertz CT molecular complexity index is 2210. The summed E-state index contributed by atoms with van der Waals surface area (Å²) in [5, 5.41) is 92.1. The molecule has 0 saturated carbocycles. The number of esters is 6. The topological polar surface area (TPSA) is 599 Å². The Balaban J connectivity index is -0.000000404. The second-order valence-corrected chi connectivity index (χ2v) is 23.1. The molecule has 3 aliphatic rings. The van der Waals surface area contributed by atoms with Gasteiger partial charge in [0.2, 0.25) is 0 Å². The number of ketones is 4. The minimum atomic E-state index is -0.954. The molecule has 3 heterocycles. The number of hydrogen-bond donors (Lipinski definition) is 11. The van der Waals surface area contributed by atoms with Crippen LogP contribution in [0.3, 0.4) is 0 Å². The minimum absolute atomic E-state index is 0. The van der Waals surface area contributed by atoms with Crippen molar-refractivity contribution in [1.29, 1.82) is 0 Å². The molecule has 630 valence electrons. The van der Waals surface area contributed by atoms with Crippen LogP contribution in [0.5, 0.6) is 0 Å². The Labute approximate surface area is 623 Å². The molecule has 3 aliphatic heterocycles. The highest BCUT2D eigenvalue weighted by atomic mass is 16.8. The quantitative estimate of drug-likeness (QED) is 0.0164. The summed E-state index contributed by atoms with van der Waals surface area (Å²) < 4.78 is 87.2. The number of aliphatic hydroxyl groups is 10. The number of carbonyl (C=O) groups is 11. The molecule has 0 amide bonds. The van der Waals surface area contributed by atoms with E-state index in [1.54, 1.807) is 20.8 Å². The van der Waals surface area contributed by atoms with E-state index in [0.717, 1.165) is 0 Å². The Hall–Kier alpha value is -5.91. The first-order chi connectivity index (χ1) is 50.3. The van der Waals surface area contributed by atoms with Crippen molar-refractivity contribution in [3.05, 3.63) is 0 Å². The molecule has 3 fully saturated rings. The summed E-state index contributed by atoms with van der Waals surface area (Å²) in [5.41, 5.74) is 0. The number of aliphatic hydroxyl groups excluding tert-OH is 10. The van der Waals surface area contributed by atoms with E-state index in [1.165, 1.54) is 27.7 Å². The second kappa shape index (κ2) is 72.9. The maximum atomic E-state index is 11.8. The predicted octanol–water partition coefficient (Wildman–Crippen LogP) is -2.99. The van der Waals surface area contributed by atoms with Crippen molar-refractivity contribution in [3.8, 4) is 0 Å². The van der Waals surface area contributed by atoms with Gasteiger partial charge in [-0.15, -0.1) is 0 Å². The van der Waals surface area contributed by atoms with E-state index >= 15 is 0 Å². The summed E-state index contributed by atoms with van der Waals surface area (Å²) >= 11 is 0. The van der Waals surface area contributed by atoms with Gasteiger partial charge >= 0.3 is 41.8 Å². The highest BCUT2D eigenvalue weighted by Gasteiger charge is 2.39. The predicted molar refractivity (Wildman–Crippen MR) is 366 cm³/mol. The van der Waals surface area contributed by atoms with Crippen LogP contribution < -0.4 is 0 Å². The third-order valence-electron chi connectivity index (χ3n) is 13.0. The van der Waals surface area contributed by atoms with Crippen LogP contribution in [0.4, 0.5) is 0 Å². The number of aliphatic carboxylic acids is 1. The lowest BCUT2D eigenvalue weighted by Crippen LogP contribution is -2.29. The molecule has 6 unspecified atom stereocenters. The molecular formula is C67H122O40. The Morgan fingerprint density at radius 3 is 0.701 bits per heavy atom. The molecule has 0 aromatic heterocycles. The SMILES string of the molecule is CC(=O)CCC(=O)O.CC(=O)CCC(=O)OCCOCCO.CC(=O)CCC(=O)OCCOCCOC(=O)CCC(C)=O.CC1(CCC(=O)OCCOCCO)OCC(CO)O1.CC1(CCC(=O)OCCOCCOC(=O)CCC2(C)OCC(CO)O2)OCC(CO)O1.O.OCC(O)CO.OCCOCCO. The first-order valence-corrected chi connectivity index (χ1v) is 34.4. The number of hydrogen-bond acceptors (Lipinski definition) is 38. The maximum Gasteiger partial charge on any atom is 0.306 e. The standard InChI is InChI=1S/C20H34O11.C14H22O7.C12H22O7.C9H16O5.C5H8O3.C4H10O3.C3H8O3.H2O/c1-19(28-13-15(11-21)30-19)5-3-17(23)26-9-7-25-8-10-27-18(24)4-6-20(2)29-14-16(12-22)31-20;1-11(15)3-5-13(17)20-9-7-19-8-10-21-14(18)6-4-12(2)16;1-12(18-9-10(8-14)19-12)3-2-11(15)17-7-6-16-5-4-13;1-8(11)2-3-9(12)14-7-6-13-5-4-10;1-4(6)2-3-5(7)8;5-1-3-7-4-2-6;4-1-3(6)2-5;/h15-16,21-22H,3-14H2,1-2H3;3-10H2,1-2H3;10,13-14H,2-9H2,1H3;10H,2-7H2,1H3;2-3H2,1H3,(H,7,8);5-6H,1-4H2;3-6H,1-2H2;1H2. The van der Waals surface area contributed by atoms with E-state index in [1.807, 2.05) is 0 Å². The Morgan fingerprint density at radius 1 is 0.327 bits per heavy atom. The van der Waals surface area contributed by atoms with E-state index in [4.69, 9.17) is 132 Å². The molecule has 0 radical (unpaired) electrons. The summed E-state index contributed by atoms with van der Waals surface area (Å²) in [6.45, 7) is 13.7. The van der Waals surface area contributed by atoms with Crippen LogP contribution in [0, 0.1) is 0 Å². The lowest BCUT2D eigenvalue weighted by Gasteiger charge is -2.22. The van der Waals surface area contributed by atoms with E-state index in [9.17, 15) is 52.7 Å². The third-order valence-corrected chi connectivity index (χ3v) is 13.0. The van der Waals surface area contributed by atoms with Crippen molar-refractivity contribution in [2.75, 3.05) is 185 Å². The lowest BCUT2D eigenvalue weighted by molar-refractivity contribution is -0.171. The van der Waals surface area contributed by atoms with Gasteiger partial charge in [-0.05, 0) is 48.5 Å². The van der Waals surface area contributed by atoms with Gasteiger partial charge in [0.25, 0.3) is 0 Å². The van der Waals surface area contributed by atoms with E-state index in [-0.39, 0.29) is 275 Å². The van der Waals surface area contributed by atoms with Crippen molar-refractivity contribution in [2.45, 2.75) is 180 Å². The Kier molecular flexibility index (Phi) is 74.7. The molecule has 3 saturated heterocycles. The molecule has 0 bridgehead atoms. The van der Waals surface area contributed by atoms with Crippen molar-refractivity contribution in [3.63, 3.8) is 0 Å². The number of rotatable bonds is 52. The fraction of sp³-hybridized carbons (Fsp3) is 0.836. The normalized spacial score (nSPS) is 18.6. The molecular weight excluding hydrogens is 1440 g/mol. The molecule has 107 heavy (non-hydrogen) atoms. The van der Waals surface area contributed by atoms with Gasteiger partial charge in [-0.3, -0.25) is 33.6 Å². The van der Waals surface area contributed by atoms with Crippen LogP contribution in [-0.4, -0.2) is 353 Å². The van der Waals surface area contributed by atoms with Gasteiger partial charge in [-0.1, -0.05) is 0 Å². The largest absolute Gasteiger partial charge is 0.481 e. The third kappa shape index (κ3) is 75.3. The summed E-state index contributed by atoms with van der Waals surface area (Å²) in [7, 11) is 0. The summed E-state index contributed by atoms with van der Waals surface area (Å²) in [6, 6.07) is 0. The maximum absolute atomic E-state index is 11.8. The van der Waals surface area contributed by atoms with Crippen LogP contribution >= 0.6 is 0 Å². The van der Waals surface area contributed by atoms with Crippen molar-refractivity contribution in [2.24, 2.45) is 0 Å². The fourth-order valence-electron chi connectivity index (χ4n) is 7.38. The van der Waals surface area contributed by atoms with Crippen molar-refractivity contribution in [1.82, 2.24) is 0 Å². The van der Waals surface area contributed by atoms with Crippen LogP contribution in [0.2, 0.25) is 0 Å². The molecule has 40 nitrogen and oxygen atoms in total. The zero-order valence-corrected chi connectivity index (χ0v) is 62.9. The Morgan fingerprint density at radius 2 is 0.533 bits per heavy atom. The van der Waals surface area contributed by atoms with E-state index in [2.05, 4.69) is 4.74 Å². The average Bonchev–Trinajstić information content (AvgIpc) is 1.74. The second-order valence-electron chi connectivity index (χ2n) is 23.1.